The van der Waals surface area contributed by atoms with E-state index in [4.69, 9.17) is 18.9 Å². The molecular weight excluding hydrogens is 294 g/mol. The summed E-state index contributed by atoms with van der Waals surface area (Å²) in [6.45, 7) is 3.93. The lowest BCUT2D eigenvalue weighted by Gasteiger charge is -2.42. The Morgan fingerprint density at radius 3 is 2.41 bits per heavy atom. The summed E-state index contributed by atoms with van der Waals surface area (Å²) >= 11 is 0. The van der Waals surface area contributed by atoms with Gasteiger partial charge in [-0.15, -0.1) is 0 Å². The van der Waals surface area contributed by atoms with Gasteiger partial charge >= 0.3 is 11.9 Å². The van der Waals surface area contributed by atoms with E-state index in [0.717, 1.165) is 6.29 Å². The molecule has 0 N–H and O–H groups in total. The zero-order chi connectivity index (χ0) is 16.3. The van der Waals surface area contributed by atoms with E-state index in [1.165, 1.54) is 13.8 Å². The quantitative estimate of drug-likeness (QED) is 0.529. The van der Waals surface area contributed by atoms with Gasteiger partial charge in [0.2, 0.25) is 6.29 Å². The normalized spacial score (nSPS) is 28.9. The SMILES string of the molecule is CC(=O)OCC1(COC(C)=O)CC(C=O)C2N=C(C)O[C@H]2O1. The largest absolute Gasteiger partial charge is 0.463 e. The first-order valence-electron chi connectivity index (χ1n) is 6.96. The van der Waals surface area contributed by atoms with Crippen molar-refractivity contribution in [3.8, 4) is 0 Å². The van der Waals surface area contributed by atoms with Gasteiger partial charge in [-0.2, -0.15) is 0 Å². The van der Waals surface area contributed by atoms with Crippen molar-refractivity contribution >= 4 is 24.1 Å². The molecule has 0 aromatic rings. The van der Waals surface area contributed by atoms with Gasteiger partial charge in [0.25, 0.3) is 0 Å². The molecule has 2 aliphatic heterocycles. The standard InChI is InChI=1S/C14H19NO7/c1-8-15-12-11(5-16)4-14(6-19-9(2)17,7-20-10(3)18)22-13(12)21-8/h5,11-13H,4,6-7H2,1-3H3/t11?,12?,13-/m0/s1. The van der Waals surface area contributed by atoms with Crippen LogP contribution in [0.1, 0.15) is 27.2 Å². The molecular formula is C14H19NO7. The van der Waals surface area contributed by atoms with Crippen molar-refractivity contribution in [1.29, 1.82) is 0 Å². The summed E-state index contributed by atoms with van der Waals surface area (Å²) in [5.41, 5.74) is -1.12. The van der Waals surface area contributed by atoms with E-state index in [1.807, 2.05) is 0 Å². The third-order valence-corrected chi connectivity index (χ3v) is 3.56. The van der Waals surface area contributed by atoms with Gasteiger partial charge in [0, 0.05) is 26.7 Å². The van der Waals surface area contributed by atoms with Crippen LogP contribution in [0.3, 0.4) is 0 Å². The van der Waals surface area contributed by atoms with E-state index >= 15 is 0 Å². The maximum Gasteiger partial charge on any atom is 0.302 e. The Kier molecular flexibility index (Phi) is 4.80. The fraction of sp³-hybridized carbons (Fsp3) is 0.714. The number of aldehydes is 1. The molecule has 2 rings (SSSR count). The number of carbonyl (C=O) groups excluding carboxylic acids is 3. The summed E-state index contributed by atoms with van der Waals surface area (Å²) in [7, 11) is 0. The third-order valence-electron chi connectivity index (χ3n) is 3.56. The van der Waals surface area contributed by atoms with E-state index in [2.05, 4.69) is 4.99 Å². The topological polar surface area (TPSA) is 100 Å². The molecule has 1 saturated heterocycles. The van der Waals surface area contributed by atoms with Crippen molar-refractivity contribution in [2.45, 2.75) is 45.1 Å². The number of nitrogens with zero attached hydrogens (tertiary/aromatic N) is 1. The molecule has 1 fully saturated rings. The second-order valence-electron chi connectivity index (χ2n) is 5.49. The van der Waals surface area contributed by atoms with Gasteiger partial charge in [0.1, 0.15) is 31.1 Å². The van der Waals surface area contributed by atoms with Crippen LogP contribution in [0.5, 0.6) is 0 Å². The van der Waals surface area contributed by atoms with E-state index in [9.17, 15) is 14.4 Å². The first kappa shape index (κ1) is 16.4. The van der Waals surface area contributed by atoms with Crippen LogP contribution in [0.4, 0.5) is 0 Å². The number of ether oxygens (including phenoxy) is 4. The number of aliphatic imine (C=N–C) groups is 1. The Balaban J connectivity index is 2.18. The van der Waals surface area contributed by atoms with Gasteiger partial charge in [0.05, 0.1) is 0 Å². The van der Waals surface area contributed by atoms with Gasteiger partial charge in [-0.3, -0.25) is 9.59 Å². The third kappa shape index (κ3) is 3.62. The lowest BCUT2D eigenvalue weighted by atomic mass is 9.84. The highest BCUT2D eigenvalue weighted by Crippen LogP contribution is 2.38. The van der Waals surface area contributed by atoms with Crippen LogP contribution < -0.4 is 0 Å². The van der Waals surface area contributed by atoms with Gasteiger partial charge in [-0.25, -0.2) is 4.99 Å². The van der Waals surface area contributed by atoms with Crippen molar-refractivity contribution in [3.05, 3.63) is 0 Å². The van der Waals surface area contributed by atoms with Crippen molar-refractivity contribution in [2.24, 2.45) is 10.9 Å². The average molecular weight is 313 g/mol. The summed E-state index contributed by atoms with van der Waals surface area (Å²) in [6.07, 6.45) is 0.246. The maximum absolute atomic E-state index is 11.4. The lowest BCUT2D eigenvalue weighted by Crippen LogP contribution is -2.56. The van der Waals surface area contributed by atoms with Crippen molar-refractivity contribution in [1.82, 2.24) is 0 Å². The van der Waals surface area contributed by atoms with E-state index in [1.54, 1.807) is 6.92 Å². The second-order valence-corrected chi connectivity index (χ2v) is 5.49. The molecule has 0 spiro atoms. The van der Waals surface area contributed by atoms with Crippen LogP contribution in [0.25, 0.3) is 0 Å². The molecule has 2 heterocycles. The first-order chi connectivity index (χ1) is 10.3. The van der Waals surface area contributed by atoms with Crippen molar-refractivity contribution in [2.75, 3.05) is 13.2 Å². The minimum absolute atomic E-state index is 0.133. The summed E-state index contributed by atoms with van der Waals surface area (Å²) in [5.74, 6) is -1.02. The molecule has 0 aromatic heterocycles. The van der Waals surface area contributed by atoms with Gasteiger partial charge in [-0.1, -0.05) is 0 Å². The van der Waals surface area contributed by atoms with Crippen LogP contribution in [0.2, 0.25) is 0 Å². The van der Waals surface area contributed by atoms with E-state index in [0.29, 0.717) is 5.90 Å². The van der Waals surface area contributed by atoms with Crippen LogP contribution in [-0.2, 0) is 33.3 Å². The van der Waals surface area contributed by atoms with Crippen LogP contribution >= 0.6 is 0 Å². The molecule has 0 amide bonds. The molecule has 3 atom stereocenters. The Morgan fingerprint density at radius 1 is 1.32 bits per heavy atom. The molecule has 8 heteroatoms. The fourth-order valence-corrected chi connectivity index (χ4v) is 2.60. The van der Waals surface area contributed by atoms with Crippen molar-refractivity contribution in [3.63, 3.8) is 0 Å². The number of carbonyl (C=O) groups is 3. The Morgan fingerprint density at radius 2 is 1.91 bits per heavy atom. The second kappa shape index (κ2) is 6.43. The van der Waals surface area contributed by atoms with E-state index < -0.39 is 35.8 Å². The van der Waals surface area contributed by atoms with Gasteiger partial charge < -0.3 is 23.7 Å². The lowest BCUT2D eigenvalue weighted by molar-refractivity contribution is -0.245. The predicted molar refractivity (Wildman–Crippen MR) is 73.0 cm³/mol. The molecule has 122 valence electrons. The minimum atomic E-state index is -1.12. The molecule has 0 bridgehead atoms. The minimum Gasteiger partial charge on any atom is -0.463 e. The number of fused-ring (bicyclic) bond motifs is 1. The predicted octanol–water partition coefficient (Wildman–Crippen LogP) is 0.230. The molecule has 0 aromatic carbocycles. The summed E-state index contributed by atoms with van der Waals surface area (Å²) in [6, 6.07) is -0.430. The van der Waals surface area contributed by atoms with Crippen LogP contribution in [-0.4, -0.2) is 55.3 Å². The number of hydrogen-bond donors (Lipinski definition) is 0. The Bertz CT molecular complexity index is 483. The monoisotopic (exact) mass is 313 g/mol. The Labute approximate surface area is 127 Å². The summed E-state index contributed by atoms with van der Waals surface area (Å²) in [5, 5.41) is 0. The zero-order valence-corrected chi connectivity index (χ0v) is 12.7. The fourth-order valence-electron chi connectivity index (χ4n) is 2.60. The molecule has 2 unspecified atom stereocenters. The van der Waals surface area contributed by atoms with Crippen LogP contribution in [0.15, 0.2) is 4.99 Å². The van der Waals surface area contributed by atoms with Gasteiger partial charge in [0.15, 0.2) is 5.90 Å². The highest BCUT2D eigenvalue weighted by molar-refractivity contribution is 5.76. The van der Waals surface area contributed by atoms with E-state index in [-0.39, 0.29) is 19.6 Å². The first-order valence-corrected chi connectivity index (χ1v) is 6.96. The van der Waals surface area contributed by atoms with Crippen LogP contribution in [0, 0.1) is 5.92 Å². The zero-order valence-electron chi connectivity index (χ0n) is 12.7. The molecule has 0 saturated carbocycles. The smallest absolute Gasteiger partial charge is 0.302 e. The molecule has 22 heavy (non-hydrogen) atoms. The summed E-state index contributed by atoms with van der Waals surface area (Å²) < 4.78 is 21.3. The molecule has 0 aliphatic carbocycles. The Hall–Kier alpha value is -1.96. The van der Waals surface area contributed by atoms with Gasteiger partial charge in [-0.05, 0) is 6.42 Å². The highest BCUT2D eigenvalue weighted by Gasteiger charge is 2.52. The molecule has 8 nitrogen and oxygen atoms in total. The molecule has 2 aliphatic rings. The van der Waals surface area contributed by atoms with Crippen molar-refractivity contribution < 1.29 is 33.3 Å². The number of esters is 2. The number of rotatable bonds is 5. The number of hydrogen-bond acceptors (Lipinski definition) is 8. The maximum atomic E-state index is 11.4. The molecule has 0 radical (unpaired) electrons. The summed E-state index contributed by atoms with van der Waals surface area (Å²) in [4.78, 5) is 37.8. The highest BCUT2D eigenvalue weighted by atomic mass is 16.7. The average Bonchev–Trinajstić information content (AvgIpc) is 2.82.